The zero-order valence-corrected chi connectivity index (χ0v) is 19.9. The summed E-state index contributed by atoms with van der Waals surface area (Å²) in [6.45, 7) is 8.70. The third-order valence-corrected chi connectivity index (χ3v) is 7.03. The second kappa shape index (κ2) is 11.2. The number of anilines is 3. The molecule has 0 amide bonds. The lowest BCUT2D eigenvalue weighted by molar-refractivity contribution is -0.138. The van der Waals surface area contributed by atoms with Gasteiger partial charge in [-0.05, 0) is 74.6 Å². The maximum atomic E-state index is 11.7. The van der Waals surface area contributed by atoms with E-state index in [4.69, 9.17) is 10.00 Å². The van der Waals surface area contributed by atoms with E-state index in [-0.39, 0.29) is 6.42 Å². The molecule has 6 heteroatoms. The average molecular weight is 450 g/mol. The molecule has 0 aliphatic carbocycles. The second-order valence-electron chi connectivity index (χ2n) is 8.73. The molecular formula is C27H35N3O3. The lowest BCUT2D eigenvalue weighted by Gasteiger charge is -2.38. The van der Waals surface area contributed by atoms with Crippen LogP contribution in [0.3, 0.4) is 0 Å². The van der Waals surface area contributed by atoms with Crippen molar-refractivity contribution < 1.29 is 14.6 Å². The Morgan fingerprint density at radius 2 is 1.82 bits per heavy atom. The number of carboxylic acid groups (broad SMARTS) is 1. The van der Waals surface area contributed by atoms with Gasteiger partial charge in [0.25, 0.3) is 0 Å². The molecule has 2 N–H and O–H groups in total. The van der Waals surface area contributed by atoms with E-state index in [1.165, 1.54) is 0 Å². The van der Waals surface area contributed by atoms with E-state index < -0.39 is 11.4 Å². The van der Waals surface area contributed by atoms with Crippen molar-refractivity contribution >= 4 is 23.0 Å². The van der Waals surface area contributed by atoms with Gasteiger partial charge in [-0.15, -0.1) is 0 Å². The molecular weight excluding hydrogens is 414 g/mol. The highest BCUT2D eigenvalue weighted by Crippen LogP contribution is 2.41. The number of nitriles is 1. The molecule has 33 heavy (non-hydrogen) atoms. The van der Waals surface area contributed by atoms with Gasteiger partial charge in [0.05, 0.1) is 29.4 Å². The van der Waals surface area contributed by atoms with E-state index in [1.54, 1.807) is 12.1 Å². The number of nitrogens with zero attached hydrogens (tertiary/aromatic N) is 2. The van der Waals surface area contributed by atoms with Crippen LogP contribution < -0.4 is 10.2 Å². The summed E-state index contributed by atoms with van der Waals surface area (Å²) in [5, 5.41) is 22.3. The Balaban J connectivity index is 2.07. The lowest BCUT2D eigenvalue weighted by Crippen LogP contribution is -2.39. The molecule has 3 rings (SSSR count). The summed E-state index contributed by atoms with van der Waals surface area (Å²) in [6.07, 6.45) is 3.58. The SMILES string of the molecule is CCN(c1ccc(C(CC)(CC)CC(=O)O)cc1Nc1ccc(C#N)cc1)C1CCOCC1. The van der Waals surface area contributed by atoms with E-state index >= 15 is 0 Å². The van der Waals surface area contributed by atoms with E-state index in [0.29, 0.717) is 11.6 Å². The van der Waals surface area contributed by atoms with E-state index in [0.717, 1.165) is 68.1 Å². The third-order valence-electron chi connectivity index (χ3n) is 7.03. The van der Waals surface area contributed by atoms with E-state index in [9.17, 15) is 9.90 Å². The number of rotatable bonds is 10. The highest BCUT2D eigenvalue weighted by molar-refractivity contribution is 5.77. The maximum absolute atomic E-state index is 11.7. The van der Waals surface area contributed by atoms with E-state index in [2.05, 4.69) is 55.3 Å². The fourth-order valence-corrected chi connectivity index (χ4v) is 4.92. The van der Waals surface area contributed by atoms with Gasteiger partial charge in [0.15, 0.2) is 0 Å². The Bertz CT molecular complexity index is 971. The first-order valence-corrected chi connectivity index (χ1v) is 11.9. The van der Waals surface area contributed by atoms with Crippen LogP contribution in [0.5, 0.6) is 0 Å². The van der Waals surface area contributed by atoms with Crippen LogP contribution in [-0.2, 0) is 14.9 Å². The Labute approximate surface area is 197 Å². The van der Waals surface area contributed by atoms with Gasteiger partial charge in [-0.1, -0.05) is 19.9 Å². The van der Waals surface area contributed by atoms with Crippen molar-refractivity contribution in [2.75, 3.05) is 30.0 Å². The molecule has 2 aromatic rings. The minimum absolute atomic E-state index is 0.104. The molecule has 176 valence electrons. The van der Waals surface area contributed by atoms with Gasteiger partial charge in [0, 0.05) is 36.9 Å². The number of aliphatic carboxylic acids is 1. The predicted octanol–water partition coefficient (Wildman–Crippen LogP) is 5.84. The average Bonchev–Trinajstić information content (AvgIpc) is 2.85. The Hall–Kier alpha value is -3.04. The summed E-state index contributed by atoms with van der Waals surface area (Å²) in [6, 6.07) is 16.4. The molecule has 2 aromatic carbocycles. The summed E-state index contributed by atoms with van der Waals surface area (Å²) < 4.78 is 5.58. The normalized spacial score (nSPS) is 14.5. The van der Waals surface area contributed by atoms with E-state index in [1.807, 2.05) is 12.1 Å². The molecule has 6 nitrogen and oxygen atoms in total. The van der Waals surface area contributed by atoms with Gasteiger partial charge in [-0.25, -0.2) is 0 Å². The summed E-state index contributed by atoms with van der Waals surface area (Å²) in [7, 11) is 0. The van der Waals surface area contributed by atoms with Crippen LogP contribution in [0.15, 0.2) is 42.5 Å². The molecule has 0 spiro atoms. The first-order valence-electron chi connectivity index (χ1n) is 11.9. The highest BCUT2D eigenvalue weighted by atomic mass is 16.5. The summed E-state index contributed by atoms with van der Waals surface area (Å²) in [5.74, 6) is -0.776. The quantitative estimate of drug-likeness (QED) is 0.474. The van der Waals surface area contributed by atoms with Gasteiger partial charge in [0.1, 0.15) is 0 Å². The fourth-order valence-electron chi connectivity index (χ4n) is 4.92. The minimum Gasteiger partial charge on any atom is -0.481 e. The standard InChI is InChI=1S/C27H35N3O3/c1-4-27(5-2,18-26(31)32)21-9-12-25(30(6-3)23-13-15-33-16-14-23)24(17-21)29-22-10-7-20(19-28)8-11-22/h7-12,17,23,29H,4-6,13-16,18H2,1-3H3,(H,31,32). The Morgan fingerprint density at radius 3 is 2.36 bits per heavy atom. The second-order valence-corrected chi connectivity index (χ2v) is 8.73. The van der Waals surface area contributed by atoms with Crippen molar-refractivity contribution in [3.63, 3.8) is 0 Å². The van der Waals surface area contributed by atoms with Gasteiger partial charge in [-0.2, -0.15) is 5.26 Å². The number of carbonyl (C=O) groups is 1. The fraction of sp³-hybridized carbons (Fsp3) is 0.481. The number of carboxylic acids is 1. The zero-order valence-electron chi connectivity index (χ0n) is 19.9. The predicted molar refractivity (Wildman–Crippen MR) is 132 cm³/mol. The molecule has 0 aromatic heterocycles. The molecule has 0 bridgehead atoms. The van der Waals surface area contributed by atoms with Gasteiger partial charge in [-0.3, -0.25) is 4.79 Å². The van der Waals surface area contributed by atoms with Crippen molar-refractivity contribution in [1.29, 1.82) is 5.26 Å². The molecule has 0 atom stereocenters. The first-order chi connectivity index (χ1) is 16.0. The van der Waals surface area contributed by atoms with Crippen molar-refractivity contribution in [1.82, 2.24) is 0 Å². The van der Waals surface area contributed by atoms with Crippen molar-refractivity contribution in [3.8, 4) is 6.07 Å². The van der Waals surface area contributed by atoms with Gasteiger partial charge in [0.2, 0.25) is 0 Å². The largest absolute Gasteiger partial charge is 0.481 e. The summed E-state index contributed by atoms with van der Waals surface area (Å²) in [5.41, 5.74) is 4.20. The van der Waals surface area contributed by atoms with Crippen molar-refractivity contribution in [3.05, 3.63) is 53.6 Å². The van der Waals surface area contributed by atoms with Gasteiger partial charge >= 0.3 is 5.97 Å². The minimum atomic E-state index is -0.776. The van der Waals surface area contributed by atoms with Crippen molar-refractivity contribution in [2.45, 2.75) is 64.3 Å². The molecule has 1 fully saturated rings. The third kappa shape index (κ3) is 5.66. The number of ether oxygens (including phenoxy) is 1. The monoisotopic (exact) mass is 449 g/mol. The molecule has 0 unspecified atom stereocenters. The smallest absolute Gasteiger partial charge is 0.304 e. The Kier molecular flexibility index (Phi) is 8.35. The number of nitrogens with one attached hydrogen (secondary N) is 1. The zero-order chi connectivity index (χ0) is 23.8. The summed E-state index contributed by atoms with van der Waals surface area (Å²) in [4.78, 5) is 14.1. The summed E-state index contributed by atoms with van der Waals surface area (Å²) >= 11 is 0. The van der Waals surface area contributed by atoms with Crippen LogP contribution in [0.25, 0.3) is 0 Å². The van der Waals surface area contributed by atoms with Crippen molar-refractivity contribution in [2.24, 2.45) is 0 Å². The molecule has 1 aliphatic rings. The number of hydrogen-bond acceptors (Lipinski definition) is 5. The highest BCUT2D eigenvalue weighted by Gasteiger charge is 2.32. The number of benzene rings is 2. The van der Waals surface area contributed by atoms with Crippen LogP contribution in [-0.4, -0.2) is 36.9 Å². The Morgan fingerprint density at radius 1 is 1.15 bits per heavy atom. The van der Waals surface area contributed by atoms with Crippen LogP contribution in [0.4, 0.5) is 17.1 Å². The van der Waals surface area contributed by atoms with Crippen LogP contribution in [0.2, 0.25) is 0 Å². The molecule has 0 radical (unpaired) electrons. The number of hydrogen-bond donors (Lipinski definition) is 2. The van der Waals surface area contributed by atoms with Crippen LogP contribution >= 0.6 is 0 Å². The lowest BCUT2D eigenvalue weighted by atomic mass is 9.73. The first kappa shape index (κ1) is 24.6. The van der Waals surface area contributed by atoms with Crippen LogP contribution in [0, 0.1) is 11.3 Å². The molecule has 1 saturated heterocycles. The topological polar surface area (TPSA) is 85.6 Å². The maximum Gasteiger partial charge on any atom is 0.304 e. The van der Waals surface area contributed by atoms with Gasteiger partial charge < -0.3 is 20.1 Å². The molecule has 1 aliphatic heterocycles. The van der Waals surface area contributed by atoms with Crippen LogP contribution in [0.1, 0.15) is 64.0 Å². The molecule has 1 heterocycles. The molecule has 0 saturated carbocycles.